The van der Waals surface area contributed by atoms with E-state index in [0.717, 1.165) is 21.4 Å². The van der Waals surface area contributed by atoms with Crippen LogP contribution in [0.1, 0.15) is 32.0 Å². The Morgan fingerprint density at radius 2 is 1.89 bits per heavy atom. The Morgan fingerprint density at radius 3 is 2.39 bits per heavy atom. The first-order valence-electron chi connectivity index (χ1n) is 5.91. The zero-order valence-electron chi connectivity index (χ0n) is 11.2. The molecule has 0 saturated heterocycles. The Balaban J connectivity index is 2.55. The van der Waals surface area contributed by atoms with Crippen LogP contribution >= 0.6 is 15.9 Å². The number of nitrogens with two attached hydrogens (primary N) is 1. The number of anilines is 1. The Hall–Kier alpha value is -1.29. The van der Waals surface area contributed by atoms with E-state index >= 15 is 0 Å². The number of benzene rings is 1. The lowest BCUT2D eigenvalue weighted by Gasteiger charge is -2.14. The highest BCUT2D eigenvalue weighted by Crippen LogP contribution is 2.26. The van der Waals surface area contributed by atoms with Gasteiger partial charge in [0, 0.05) is 16.0 Å². The second kappa shape index (κ2) is 4.43. The van der Waals surface area contributed by atoms with E-state index in [9.17, 15) is 0 Å². The summed E-state index contributed by atoms with van der Waals surface area (Å²) < 4.78 is 2.87. The summed E-state index contributed by atoms with van der Waals surface area (Å²) in [4.78, 5) is 0. The van der Waals surface area contributed by atoms with Crippen molar-refractivity contribution in [2.24, 2.45) is 0 Å². The van der Waals surface area contributed by atoms with Crippen molar-refractivity contribution >= 4 is 21.7 Å². The molecule has 0 atom stereocenters. The van der Waals surface area contributed by atoms with Gasteiger partial charge in [0.05, 0.1) is 11.4 Å². The fraction of sp³-hybridized carbons (Fsp3) is 0.357. The van der Waals surface area contributed by atoms with Crippen LogP contribution in [0, 0.1) is 6.92 Å². The van der Waals surface area contributed by atoms with Crippen molar-refractivity contribution in [2.75, 3.05) is 5.73 Å². The number of rotatable bonds is 1. The monoisotopic (exact) mass is 307 g/mol. The molecule has 0 radical (unpaired) electrons. The minimum Gasteiger partial charge on any atom is -0.384 e. The van der Waals surface area contributed by atoms with Crippen LogP contribution in [0.15, 0.2) is 28.7 Å². The smallest absolute Gasteiger partial charge is 0.127 e. The normalized spacial score (nSPS) is 11.8. The average Bonchev–Trinajstić information content (AvgIpc) is 2.60. The molecule has 18 heavy (non-hydrogen) atoms. The molecule has 0 unspecified atom stereocenters. The molecule has 0 bridgehead atoms. The number of hydrogen-bond acceptors (Lipinski definition) is 2. The van der Waals surface area contributed by atoms with Crippen LogP contribution in [0.5, 0.6) is 0 Å². The van der Waals surface area contributed by atoms with Crippen LogP contribution in [0.4, 0.5) is 5.82 Å². The predicted octanol–water partition coefficient (Wildman–Crippen LogP) is 3.82. The fourth-order valence-electron chi connectivity index (χ4n) is 1.81. The Bertz CT molecular complexity index is 579. The van der Waals surface area contributed by atoms with E-state index in [1.807, 2.05) is 22.9 Å². The average molecular weight is 308 g/mol. The van der Waals surface area contributed by atoms with Gasteiger partial charge in [0.2, 0.25) is 0 Å². The van der Waals surface area contributed by atoms with E-state index in [1.54, 1.807) is 0 Å². The highest BCUT2D eigenvalue weighted by molar-refractivity contribution is 9.10. The number of nitrogen functional groups attached to an aromatic ring is 1. The van der Waals surface area contributed by atoms with Gasteiger partial charge >= 0.3 is 0 Å². The number of halogens is 1. The first kappa shape index (κ1) is 13.1. The second-order valence-corrected chi connectivity index (χ2v) is 6.46. The van der Waals surface area contributed by atoms with Crippen LogP contribution < -0.4 is 5.73 Å². The first-order chi connectivity index (χ1) is 8.29. The first-order valence-corrected chi connectivity index (χ1v) is 6.71. The van der Waals surface area contributed by atoms with E-state index in [0.29, 0.717) is 5.82 Å². The van der Waals surface area contributed by atoms with Crippen LogP contribution in [-0.4, -0.2) is 9.78 Å². The molecule has 4 heteroatoms. The SMILES string of the molecule is Cc1cc(Br)ccc1-n1nc(C(C)(C)C)cc1N. The minimum absolute atomic E-state index is 0.00262. The van der Waals surface area contributed by atoms with Gasteiger partial charge in [0.25, 0.3) is 0 Å². The third-order valence-electron chi connectivity index (χ3n) is 2.89. The van der Waals surface area contributed by atoms with E-state index in [-0.39, 0.29) is 5.41 Å². The molecule has 1 heterocycles. The molecule has 0 aliphatic heterocycles. The molecule has 0 fully saturated rings. The zero-order chi connectivity index (χ0) is 13.5. The highest BCUT2D eigenvalue weighted by atomic mass is 79.9. The van der Waals surface area contributed by atoms with E-state index in [2.05, 4.69) is 54.8 Å². The Kier molecular flexibility index (Phi) is 3.23. The van der Waals surface area contributed by atoms with E-state index < -0.39 is 0 Å². The lowest BCUT2D eigenvalue weighted by atomic mass is 9.92. The molecular formula is C14H18BrN3. The number of hydrogen-bond donors (Lipinski definition) is 1. The lowest BCUT2D eigenvalue weighted by molar-refractivity contribution is 0.560. The molecule has 2 rings (SSSR count). The minimum atomic E-state index is 0.00262. The molecule has 1 aromatic carbocycles. The standard InChI is InChI=1S/C14H18BrN3/c1-9-7-10(15)5-6-11(9)18-13(16)8-12(17-18)14(2,3)4/h5-8H,16H2,1-4H3. The number of nitrogens with zero attached hydrogens (tertiary/aromatic N) is 2. The van der Waals surface area contributed by atoms with Crippen molar-refractivity contribution in [1.82, 2.24) is 9.78 Å². The van der Waals surface area contributed by atoms with Crippen molar-refractivity contribution in [2.45, 2.75) is 33.1 Å². The van der Waals surface area contributed by atoms with Crippen molar-refractivity contribution in [3.05, 3.63) is 40.0 Å². The van der Waals surface area contributed by atoms with Gasteiger partial charge in [-0.3, -0.25) is 0 Å². The molecular weight excluding hydrogens is 290 g/mol. The van der Waals surface area contributed by atoms with Crippen LogP contribution in [0.2, 0.25) is 0 Å². The maximum absolute atomic E-state index is 6.07. The molecule has 0 aliphatic carbocycles. The summed E-state index contributed by atoms with van der Waals surface area (Å²) in [7, 11) is 0. The summed E-state index contributed by atoms with van der Waals surface area (Å²) in [5, 5.41) is 4.62. The van der Waals surface area contributed by atoms with Gasteiger partial charge in [0.1, 0.15) is 5.82 Å². The van der Waals surface area contributed by atoms with Crippen LogP contribution in [0.3, 0.4) is 0 Å². The molecule has 1 aromatic heterocycles. The lowest BCUT2D eigenvalue weighted by Crippen LogP contribution is -2.12. The van der Waals surface area contributed by atoms with Gasteiger partial charge in [-0.1, -0.05) is 36.7 Å². The molecule has 3 nitrogen and oxygen atoms in total. The molecule has 2 N–H and O–H groups in total. The summed E-state index contributed by atoms with van der Waals surface area (Å²) >= 11 is 3.46. The van der Waals surface area contributed by atoms with Crippen molar-refractivity contribution in [3.8, 4) is 5.69 Å². The van der Waals surface area contributed by atoms with Gasteiger partial charge in [-0.15, -0.1) is 0 Å². The van der Waals surface area contributed by atoms with E-state index in [4.69, 9.17) is 5.73 Å². The van der Waals surface area contributed by atoms with Crippen LogP contribution in [0.25, 0.3) is 5.69 Å². The quantitative estimate of drug-likeness (QED) is 0.870. The molecule has 2 aromatic rings. The summed E-state index contributed by atoms with van der Waals surface area (Å²) in [6, 6.07) is 8.03. The van der Waals surface area contributed by atoms with Gasteiger partial charge in [-0.25, -0.2) is 4.68 Å². The number of aryl methyl sites for hydroxylation is 1. The van der Waals surface area contributed by atoms with Gasteiger partial charge in [0.15, 0.2) is 0 Å². The van der Waals surface area contributed by atoms with Crippen molar-refractivity contribution in [3.63, 3.8) is 0 Å². The van der Waals surface area contributed by atoms with Crippen molar-refractivity contribution in [1.29, 1.82) is 0 Å². The van der Waals surface area contributed by atoms with Gasteiger partial charge < -0.3 is 5.73 Å². The highest BCUT2D eigenvalue weighted by Gasteiger charge is 2.19. The summed E-state index contributed by atoms with van der Waals surface area (Å²) in [5.41, 5.74) is 9.23. The van der Waals surface area contributed by atoms with E-state index in [1.165, 1.54) is 0 Å². The third kappa shape index (κ3) is 2.43. The van der Waals surface area contributed by atoms with Gasteiger partial charge in [-0.2, -0.15) is 5.10 Å². The summed E-state index contributed by atoms with van der Waals surface area (Å²) in [6.45, 7) is 8.45. The number of aromatic nitrogens is 2. The second-order valence-electron chi connectivity index (χ2n) is 5.55. The molecule has 0 aliphatic rings. The fourth-order valence-corrected chi connectivity index (χ4v) is 2.29. The van der Waals surface area contributed by atoms with Crippen molar-refractivity contribution < 1.29 is 0 Å². The molecule has 96 valence electrons. The molecule has 0 saturated carbocycles. The third-order valence-corrected chi connectivity index (χ3v) is 3.39. The van der Waals surface area contributed by atoms with Gasteiger partial charge in [-0.05, 0) is 30.7 Å². The maximum atomic E-state index is 6.07. The predicted molar refractivity (Wildman–Crippen MR) is 79.1 cm³/mol. The molecule has 0 amide bonds. The Labute approximate surface area is 116 Å². The topological polar surface area (TPSA) is 43.8 Å². The molecule has 0 spiro atoms. The Morgan fingerprint density at radius 1 is 1.22 bits per heavy atom. The summed E-state index contributed by atoms with van der Waals surface area (Å²) in [6.07, 6.45) is 0. The maximum Gasteiger partial charge on any atom is 0.127 e. The largest absolute Gasteiger partial charge is 0.384 e. The van der Waals surface area contributed by atoms with Crippen LogP contribution in [-0.2, 0) is 5.41 Å². The zero-order valence-corrected chi connectivity index (χ0v) is 12.7. The summed E-state index contributed by atoms with van der Waals surface area (Å²) in [5.74, 6) is 0.672.